The number of thioether (sulfide) groups is 1. The van der Waals surface area contributed by atoms with Crippen molar-refractivity contribution in [1.82, 2.24) is 0 Å². The van der Waals surface area contributed by atoms with E-state index in [-0.39, 0.29) is 21.5 Å². The number of imide groups is 1. The molecule has 1 heterocycles. The summed E-state index contributed by atoms with van der Waals surface area (Å²) in [5, 5.41) is 6.64. The number of hydrogen-bond acceptors (Lipinski definition) is 5. The first kappa shape index (κ1) is 27.5. The zero-order valence-electron chi connectivity index (χ0n) is 21.5. The highest BCUT2D eigenvalue weighted by Gasteiger charge is 2.40. The molecule has 2 N–H and O–H groups in total. The van der Waals surface area contributed by atoms with Gasteiger partial charge in [0.25, 0.3) is 17.7 Å². The van der Waals surface area contributed by atoms with Crippen LogP contribution >= 0.6 is 35.0 Å². The van der Waals surface area contributed by atoms with Gasteiger partial charge in [0.05, 0.1) is 16.3 Å². The lowest BCUT2D eigenvalue weighted by atomic mass is 10.1. The minimum absolute atomic E-state index is 0.203. The van der Waals surface area contributed by atoms with Crippen molar-refractivity contribution in [3.63, 3.8) is 0 Å². The summed E-state index contributed by atoms with van der Waals surface area (Å²) in [7, 11) is 0. The lowest BCUT2D eigenvalue weighted by Crippen LogP contribution is -2.32. The van der Waals surface area contributed by atoms with E-state index in [0.717, 1.165) is 11.1 Å². The molecule has 0 radical (unpaired) electrons. The van der Waals surface area contributed by atoms with Crippen LogP contribution in [0.15, 0.2) is 106 Å². The van der Waals surface area contributed by atoms with Gasteiger partial charge in [0.2, 0.25) is 0 Å². The van der Waals surface area contributed by atoms with E-state index >= 15 is 0 Å². The van der Waals surface area contributed by atoms with Crippen LogP contribution in [0.1, 0.15) is 21.5 Å². The van der Waals surface area contributed by atoms with Crippen molar-refractivity contribution in [2.75, 3.05) is 15.5 Å². The van der Waals surface area contributed by atoms with Crippen LogP contribution < -0.4 is 15.5 Å². The highest BCUT2D eigenvalue weighted by molar-refractivity contribution is 8.04. The van der Waals surface area contributed by atoms with E-state index in [1.54, 1.807) is 42.5 Å². The number of anilines is 3. The smallest absolute Gasteiger partial charge is 0.283 e. The molecule has 0 saturated carbocycles. The standard InChI is InChI=1S/C31H23Cl2N3O3S/c1-18-8-12-23(16-19(18)2)36-30(38)27(34-21-6-4-3-5-7-21)28(31(36)39)40-24-13-10-22(11-14-24)35-29(37)25-15-9-20(32)17-26(25)33/h3-17,34H,1-2H3,(H,35,37). The van der Waals surface area contributed by atoms with Gasteiger partial charge in [-0.3, -0.25) is 14.4 Å². The Bertz CT molecular complexity index is 1670. The Morgan fingerprint density at radius 1 is 0.775 bits per heavy atom. The molecule has 6 nitrogen and oxygen atoms in total. The number of para-hydroxylation sites is 1. The molecule has 0 spiro atoms. The maximum Gasteiger partial charge on any atom is 0.283 e. The molecule has 0 aromatic heterocycles. The van der Waals surface area contributed by atoms with Gasteiger partial charge in [-0.2, -0.15) is 0 Å². The zero-order chi connectivity index (χ0) is 28.4. The summed E-state index contributed by atoms with van der Waals surface area (Å²) < 4.78 is 0. The van der Waals surface area contributed by atoms with Crippen molar-refractivity contribution in [1.29, 1.82) is 0 Å². The van der Waals surface area contributed by atoms with Gasteiger partial charge in [0, 0.05) is 21.3 Å². The van der Waals surface area contributed by atoms with Gasteiger partial charge >= 0.3 is 0 Å². The predicted octanol–water partition coefficient (Wildman–Crippen LogP) is 7.85. The number of carbonyl (C=O) groups is 3. The SMILES string of the molecule is Cc1ccc(N2C(=O)C(Nc3ccccc3)=C(Sc3ccc(NC(=O)c4ccc(Cl)cc4Cl)cc3)C2=O)cc1C. The van der Waals surface area contributed by atoms with Gasteiger partial charge in [0.1, 0.15) is 10.6 Å². The molecule has 0 atom stereocenters. The molecular formula is C31H23Cl2N3O3S. The number of halogens is 2. The number of rotatable bonds is 7. The van der Waals surface area contributed by atoms with Gasteiger partial charge in [0.15, 0.2) is 0 Å². The Labute approximate surface area is 246 Å². The summed E-state index contributed by atoms with van der Waals surface area (Å²) >= 11 is 13.3. The van der Waals surface area contributed by atoms with Crippen LogP contribution in [0.4, 0.5) is 17.1 Å². The first-order chi connectivity index (χ1) is 19.2. The first-order valence-electron chi connectivity index (χ1n) is 12.3. The molecule has 9 heteroatoms. The third-order valence-electron chi connectivity index (χ3n) is 6.34. The molecule has 200 valence electrons. The fourth-order valence-corrected chi connectivity index (χ4v) is 5.50. The molecule has 0 saturated heterocycles. The van der Waals surface area contributed by atoms with E-state index in [1.807, 2.05) is 56.3 Å². The van der Waals surface area contributed by atoms with Crippen molar-refractivity contribution in [2.45, 2.75) is 18.7 Å². The fourth-order valence-electron chi connectivity index (χ4n) is 4.08. The molecule has 4 aromatic carbocycles. The second-order valence-corrected chi connectivity index (χ2v) is 11.0. The maximum absolute atomic E-state index is 13.7. The summed E-state index contributed by atoms with van der Waals surface area (Å²) in [6, 6.07) is 26.4. The molecule has 5 rings (SSSR count). The highest BCUT2D eigenvalue weighted by Crippen LogP contribution is 2.38. The summed E-state index contributed by atoms with van der Waals surface area (Å²) in [6.45, 7) is 3.92. The number of amides is 3. The van der Waals surface area contributed by atoms with E-state index < -0.39 is 11.8 Å². The molecule has 1 aliphatic rings. The van der Waals surface area contributed by atoms with Crippen LogP contribution in [0.5, 0.6) is 0 Å². The average molecular weight is 589 g/mol. The molecule has 4 aromatic rings. The van der Waals surface area contributed by atoms with Crippen molar-refractivity contribution in [3.05, 3.63) is 128 Å². The van der Waals surface area contributed by atoms with Crippen molar-refractivity contribution < 1.29 is 14.4 Å². The number of aryl methyl sites for hydroxylation is 2. The lowest BCUT2D eigenvalue weighted by molar-refractivity contribution is -0.120. The molecule has 0 fully saturated rings. The van der Waals surface area contributed by atoms with Gasteiger partial charge in [-0.25, -0.2) is 4.90 Å². The Kier molecular flexibility index (Phi) is 7.98. The first-order valence-corrected chi connectivity index (χ1v) is 13.8. The predicted molar refractivity (Wildman–Crippen MR) is 162 cm³/mol. The fraction of sp³-hybridized carbons (Fsp3) is 0.0645. The summed E-state index contributed by atoms with van der Waals surface area (Å²) in [5.41, 5.74) is 4.30. The van der Waals surface area contributed by atoms with E-state index in [4.69, 9.17) is 23.2 Å². The quantitative estimate of drug-likeness (QED) is 0.215. The number of carbonyl (C=O) groups excluding carboxylic acids is 3. The molecule has 40 heavy (non-hydrogen) atoms. The molecule has 0 bridgehead atoms. The number of hydrogen-bond donors (Lipinski definition) is 2. The lowest BCUT2D eigenvalue weighted by Gasteiger charge is -2.16. The number of benzene rings is 4. The van der Waals surface area contributed by atoms with E-state index in [2.05, 4.69) is 10.6 Å². The number of nitrogens with zero attached hydrogens (tertiary/aromatic N) is 1. The van der Waals surface area contributed by atoms with Gasteiger partial charge in [-0.05, 0) is 91.7 Å². The average Bonchev–Trinajstić information content (AvgIpc) is 3.15. The summed E-state index contributed by atoms with van der Waals surface area (Å²) in [4.78, 5) is 42.1. The Morgan fingerprint density at radius 3 is 2.17 bits per heavy atom. The normalized spacial score (nSPS) is 13.2. The summed E-state index contributed by atoms with van der Waals surface area (Å²) in [5.74, 6) is -1.21. The molecule has 1 aliphatic heterocycles. The largest absolute Gasteiger partial charge is 0.350 e. The van der Waals surface area contributed by atoms with Crippen LogP contribution in [0, 0.1) is 13.8 Å². The zero-order valence-corrected chi connectivity index (χ0v) is 23.8. The third kappa shape index (κ3) is 5.77. The van der Waals surface area contributed by atoms with Crippen LogP contribution in [0.2, 0.25) is 10.0 Å². The van der Waals surface area contributed by atoms with Crippen LogP contribution in [0.3, 0.4) is 0 Å². The minimum atomic E-state index is -0.427. The Hall–Kier alpha value is -4.04. The highest BCUT2D eigenvalue weighted by atomic mass is 35.5. The minimum Gasteiger partial charge on any atom is -0.350 e. The van der Waals surface area contributed by atoms with E-state index in [9.17, 15) is 14.4 Å². The monoisotopic (exact) mass is 587 g/mol. The second kappa shape index (κ2) is 11.6. The summed E-state index contributed by atoms with van der Waals surface area (Å²) in [6.07, 6.45) is 0. The van der Waals surface area contributed by atoms with Crippen LogP contribution in [0.25, 0.3) is 0 Å². The Balaban J connectivity index is 1.41. The Morgan fingerprint density at radius 2 is 1.50 bits per heavy atom. The molecule has 3 amide bonds. The van der Waals surface area contributed by atoms with Gasteiger partial charge in [-0.1, -0.05) is 59.2 Å². The molecule has 0 aliphatic carbocycles. The molecule has 0 unspecified atom stereocenters. The van der Waals surface area contributed by atoms with Gasteiger partial charge < -0.3 is 10.6 Å². The van der Waals surface area contributed by atoms with Crippen molar-refractivity contribution in [3.8, 4) is 0 Å². The third-order valence-corrected chi connectivity index (χ3v) is 7.98. The second-order valence-electron chi connectivity index (χ2n) is 9.11. The topological polar surface area (TPSA) is 78.5 Å². The van der Waals surface area contributed by atoms with Gasteiger partial charge in [-0.15, -0.1) is 0 Å². The van der Waals surface area contributed by atoms with E-state index in [0.29, 0.717) is 32.5 Å². The molecular weight excluding hydrogens is 565 g/mol. The van der Waals surface area contributed by atoms with Crippen LogP contribution in [-0.4, -0.2) is 17.7 Å². The number of nitrogens with one attached hydrogen (secondary N) is 2. The maximum atomic E-state index is 13.7. The van der Waals surface area contributed by atoms with Crippen molar-refractivity contribution in [2.24, 2.45) is 0 Å². The van der Waals surface area contributed by atoms with Crippen LogP contribution in [-0.2, 0) is 9.59 Å². The van der Waals surface area contributed by atoms with E-state index in [1.165, 1.54) is 22.7 Å². The van der Waals surface area contributed by atoms with Crippen molar-refractivity contribution >= 4 is 69.7 Å².